The summed E-state index contributed by atoms with van der Waals surface area (Å²) >= 11 is 1.82. The van der Waals surface area contributed by atoms with Crippen molar-refractivity contribution in [2.24, 2.45) is 0 Å². The molecule has 0 saturated heterocycles. The number of fused-ring (bicyclic) bond motifs is 1. The number of hydrogen-bond donors (Lipinski definition) is 0. The Labute approximate surface area is 134 Å². The van der Waals surface area contributed by atoms with Crippen LogP contribution in [0.25, 0.3) is 5.52 Å². The molecule has 1 fully saturated rings. The predicted molar refractivity (Wildman–Crippen MR) is 87.0 cm³/mol. The van der Waals surface area contributed by atoms with E-state index in [1.807, 2.05) is 28.4 Å². The lowest BCUT2D eigenvalue weighted by molar-refractivity contribution is 0.0603. The molecule has 0 amide bonds. The highest BCUT2D eigenvalue weighted by atomic mass is 32.2. The van der Waals surface area contributed by atoms with Crippen LogP contribution < -0.4 is 4.74 Å². The van der Waals surface area contributed by atoms with Crippen molar-refractivity contribution >= 4 is 23.2 Å². The minimum absolute atomic E-state index is 0.356. The van der Waals surface area contributed by atoms with E-state index in [1.54, 1.807) is 6.20 Å². The zero-order chi connectivity index (χ0) is 15.5. The van der Waals surface area contributed by atoms with Gasteiger partial charge in [-0.15, -0.1) is 0 Å². The third-order valence-corrected chi connectivity index (χ3v) is 4.50. The Morgan fingerprint density at radius 1 is 1.45 bits per heavy atom. The fraction of sp³-hybridized carbons (Fsp3) is 0.500. The Balaban J connectivity index is 1.93. The molecule has 0 unspecified atom stereocenters. The second kappa shape index (κ2) is 6.60. The van der Waals surface area contributed by atoms with Crippen molar-refractivity contribution < 1.29 is 14.3 Å². The molecule has 5 nitrogen and oxygen atoms in total. The number of nitrogens with zero attached hydrogens (tertiary/aromatic N) is 2. The average molecular weight is 320 g/mol. The fourth-order valence-electron chi connectivity index (χ4n) is 2.56. The highest BCUT2D eigenvalue weighted by Crippen LogP contribution is 2.44. The van der Waals surface area contributed by atoms with Gasteiger partial charge in [0.25, 0.3) is 0 Å². The zero-order valence-corrected chi connectivity index (χ0v) is 13.7. The standard InChI is InChI=1S/C16H20N2O3S/c1-20-16(19)12-10-17-18-13(12)6-7-14(15(18)11-4-5-11)21-8-3-9-22-2/h6-7,10-11H,3-5,8-9H2,1-2H3. The number of thioether (sulfide) groups is 1. The summed E-state index contributed by atoms with van der Waals surface area (Å²) in [5.74, 6) is 2.10. The van der Waals surface area contributed by atoms with Crippen LogP contribution >= 0.6 is 11.8 Å². The molecule has 22 heavy (non-hydrogen) atoms. The van der Waals surface area contributed by atoms with Gasteiger partial charge in [-0.1, -0.05) is 0 Å². The lowest BCUT2D eigenvalue weighted by atomic mass is 10.2. The lowest BCUT2D eigenvalue weighted by Gasteiger charge is -2.13. The molecule has 2 heterocycles. The molecule has 0 aromatic carbocycles. The van der Waals surface area contributed by atoms with Gasteiger partial charge < -0.3 is 9.47 Å². The molecule has 2 aromatic rings. The predicted octanol–water partition coefficient (Wildman–Crippen LogP) is 3.13. The molecular weight excluding hydrogens is 300 g/mol. The van der Waals surface area contributed by atoms with Crippen LogP contribution in [0.5, 0.6) is 5.75 Å². The van der Waals surface area contributed by atoms with Crippen molar-refractivity contribution in [2.45, 2.75) is 25.2 Å². The highest BCUT2D eigenvalue weighted by Gasteiger charge is 2.31. The maximum absolute atomic E-state index is 11.8. The van der Waals surface area contributed by atoms with Crippen LogP contribution in [0.15, 0.2) is 18.3 Å². The maximum atomic E-state index is 11.8. The van der Waals surface area contributed by atoms with Crippen LogP contribution in [0.4, 0.5) is 0 Å². The largest absolute Gasteiger partial charge is 0.492 e. The van der Waals surface area contributed by atoms with E-state index in [0.29, 0.717) is 18.1 Å². The number of carbonyl (C=O) groups excluding carboxylic acids is 1. The number of methoxy groups -OCH3 is 1. The van der Waals surface area contributed by atoms with E-state index in [-0.39, 0.29) is 5.97 Å². The molecular formula is C16H20N2O3S. The van der Waals surface area contributed by atoms with Crippen molar-refractivity contribution in [1.82, 2.24) is 9.61 Å². The van der Waals surface area contributed by atoms with E-state index < -0.39 is 0 Å². The molecule has 0 aliphatic heterocycles. The number of aromatic nitrogens is 2. The van der Waals surface area contributed by atoms with Crippen LogP contribution in [-0.2, 0) is 4.74 Å². The van der Waals surface area contributed by atoms with E-state index in [0.717, 1.165) is 42.0 Å². The summed E-state index contributed by atoms with van der Waals surface area (Å²) in [5, 5.41) is 4.39. The summed E-state index contributed by atoms with van der Waals surface area (Å²) in [5.41, 5.74) is 2.36. The first-order valence-electron chi connectivity index (χ1n) is 7.47. The lowest BCUT2D eigenvalue weighted by Crippen LogP contribution is -2.06. The summed E-state index contributed by atoms with van der Waals surface area (Å²) in [6.45, 7) is 0.706. The molecule has 0 atom stereocenters. The van der Waals surface area contributed by atoms with Crippen molar-refractivity contribution in [3.63, 3.8) is 0 Å². The van der Waals surface area contributed by atoms with Gasteiger partial charge in [-0.05, 0) is 43.4 Å². The number of hydrogen-bond acceptors (Lipinski definition) is 5. The Morgan fingerprint density at radius 2 is 2.27 bits per heavy atom. The minimum atomic E-state index is -0.356. The average Bonchev–Trinajstić information content (AvgIpc) is 3.28. The smallest absolute Gasteiger partial charge is 0.341 e. The van der Waals surface area contributed by atoms with Gasteiger partial charge in [0.05, 0.1) is 31.1 Å². The molecule has 3 rings (SSSR count). The summed E-state index contributed by atoms with van der Waals surface area (Å²) in [7, 11) is 1.39. The summed E-state index contributed by atoms with van der Waals surface area (Å²) in [4.78, 5) is 11.8. The van der Waals surface area contributed by atoms with Crippen LogP contribution in [0.1, 0.15) is 41.2 Å². The van der Waals surface area contributed by atoms with Gasteiger partial charge >= 0.3 is 5.97 Å². The Hall–Kier alpha value is -1.69. The molecule has 0 spiro atoms. The summed E-state index contributed by atoms with van der Waals surface area (Å²) < 4.78 is 12.6. The van der Waals surface area contributed by atoms with Gasteiger partial charge in [-0.2, -0.15) is 16.9 Å². The van der Waals surface area contributed by atoms with Crippen LogP contribution in [0.2, 0.25) is 0 Å². The van der Waals surface area contributed by atoms with Crippen LogP contribution in [-0.4, -0.2) is 41.3 Å². The van der Waals surface area contributed by atoms with Gasteiger partial charge in [0.15, 0.2) is 0 Å². The molecule has 0 bridgehead atoms. The molecule has 2 aromatic heterocycles. The molecule has 0 N–H and O–H groups in total. The van der Waals surface area contributed by atoms with Crippen molar-refractivity contribution in [3.8, 4) is 5.75 Å². The number of ether oxygens (including phenoxy) is 2. The van der Waals surface area contributed by atoms with Crippen molar-refractivity contribution in [1.29, 1.82) is 0 Å². The van der Waals surface area contributed by atoms with E-state index in [9.17, 15) is 4.79 Å². The van der Waals surface area contributed by atoms with E-state index in [1.165, 1.54) is 7.11 Å². The Bertz CT molecular complexity index is 679. The Kier molecular flexibility index (Phi) is 4.57. The van der Waals surface area contributed by atoms with Crippen molar-refractivity contribution in [3.05, 3.63) is 29.6 Å². The zero-order valence-electron chi connectivity index (χ0n) is 12.9. The van der Waals surface area contributed by atoms with Gasteiger partial charge in [-0.25, -0.2) is 9.31 Å². The molecule has 118 valence electrons. The van der Waals surface area contributed by atoms with Crippen molar-refractivity contribution in [2.75, 3.05) is 25.7 Å². The second-order valence-corrected chi connectivity index (χ2v) is 6.38. The van der Waals surface area contributed by atoms with Gasteiger partial charge in [0, 0.05) is 5.92 Å². The highest BCUT2D eigenvalue weighted by molar-refractivity contribution is 7.98. The topological polar surface area (TPSA) is 52.8 Å². The van der Waals surface area contributed by atoms with Gasteiger partial charge in [-0.3, -0.25) is 0 Å². The first-order valence-corrected chi connectivity index (χ1v) is 8.86. The minimum Gasteiger partial charge on any atom is -0.492 e. The second-order valence-electron chi connectivity index (χ2n) is 5.40. The van der Waals surface area contributed by atoms with E-state index >= 15 is 0 Å². The number of esters is 1. The normalized spacial score (nSPS) is 14.3. The molecule has 6 heteroatoms. The monoisotopic (exact) mass is 320 g/mol. The first-order chi connectivity index (χ1) is 10.8. The third kappa shape index (κ3) is 2.92. The van der Waals surface area contributed by atoms with E-state index in [2.05, 4.69) is 11.4 Å². The summed E-state index contributed by atoms with van der Waals surface area (Å²) in [6.07, 6.45) is 6.99. The summed E-state index contributed by atoms with van der Waals surface area (Å²) in [6, 6.07) is 3.84. The number of pyridine rings is 1. The molecule has 0 radical (unpaired) electrons. The van der Waals surface area contributed by atoms with Gasteiger partial charge in [0.1, 0.15) is 11.3 Å². The number of carbonyl (C=O) groups is 1. The molecule has 1 saturated carbocycles. The van der Waals surface area contributed by atoms with Crippen LogP contribution in [0, 0.1) is 0 Å². The molecule has 1 aliphatic carbocycles. The SMILES string of the molecule is COC(=O)c1cnn2c(C3CC3)c(OCCCSC)ccc12. The van der Waals surface area contributed by atoms with Gasteiger partial charge in [0.2, 0.25) is 0 Å². The number of rotatable bonds is 7. The quantitative estimate of drug-likeness (QED) is 0.579. The first kappa shape index (κ1) is 15.2. The maximum Gasteiger partial charge on any atom is 0.341 e. The molecule has 1 aliphatic rings. The van der Waals surface area contributed by atoms with E-state index in [4.69, 9.17) is 9.47 Å². The van der Waals surface area contributed by atoms with Crippen LogP contribution in [0.3, 0.4) is 0 Å². The Morgan fingerprint density at radius 3 is 2.95 bits per heavy atom. The fourth-order valence-corrected chi connectivity index (χ4v) is 2.97. The third-order valence-electron chi connectivity index (χ3n) is 3.80.